The summed E-state index contributed by atoms with van der Waals surface area (Å²) in [6, 6.07) is 18.0. The van der Waals surface area contributed by atoms with Crippen LogP contribution in [0.2, 0.25) is 0 Å². The zero-order chi connectivity index (χ0) is 26.1. The highest BCUT2D eigenvalue weighted by molar-refractivity contribution is 6.39. The van der Waals surface area contributed by atoms with Gasteiger partial charge < -0.3 is 24.3 Å². The molecule has 36 heavy (non-hydrogen) atoms. The Hall–Kier alpha value is -4.86. The fraction of sp³-hybridized carbons (Fsp3) is 0.154. The lowest BCUT2D eigenvalue weighted by molar-refractivity contribution is -0.136. The van der Waals surface area contributed by atoms with E-state index in [1.54, 1.807) is 67.6 Å². The van der Waals surface area contributed by atoms with Gasteiger partial charge in [0.1, 0.15) is 28.6 Å². The first-order chi connectivity index (χ1) is 17.4. The molecule has 3 aromatic carbocycles. The zero-order valence-electron chi connectivity index (χ0n) is 20.2. The third-order valence-corrected chi connectivity index (χ3v) is 5.00. The molecule has 0 radical (unpaired) electrons. The van der Waals surface area contributed by atoms with Crippen molar-refractivity contribution in [2.24, 2.45) is 5.10 Å². The lowest BCUT2D eigenvalue weighted by Gasteiger charge is -2.11. The summed E-state index contributed by atoms with van der Waals surface area (Å²) < 4.78 is 20.9. The zero-order valence-corrected chi connectivity index (χ0v) is 20.2. The molecule has 186 valence electrons. The molecule has 2 amide bonds. The maximum atomic E-state index is 12.4. The molecule has 0 aliphatic rings. The van der Waals surface area contributed by atoms with E-state index in [9.17, 15) is 14.4 Å². The Morgan fingerprint density at radius 3 is 2.08 bits per heavy atom. The van der Waals surface area contributed by atoms with Crippen LogP contribution in [0.4, 0.5) is 5.69 Å². The summed E-state index contributed by atoms with van der Waals surface area (Å²) in [7, 11) is 4.39. The Labute approximate surface area is 207 Å². The van der Waals surface area contributed by atoms with E-state index in [1.165, 1.54) is 27.4 Å². The molecule has 0 fully saturated rings. The van der Waals surface area contributed by atoms with Gasteiger partial charge >= 0.3 is 17.8 Å². The molecule has 0 aliphatic heterocycles. The number of anilines is 1. The number of ether oxygens (including phenoxy) is 4. The largest absolute Gasteiger partial charge is 0.497 e. The third-order valence-electron chi connectivity index (χ3n) is 5.00. The smallest absolute Gasteiger partial charge is 0.347 e. The van der Waals surface area contributed by atoms with E-state index in [2.05, 4.69) is 15.8 Å². The maximum absolute atomic E-state index is 12.4. The number of esters is 1. The third kappa shape index (κ3) is 6.38. The molecular formula is C26H25N3O7. The minimum absolute atomic E-state index is 0.274. The molecule has 10 nitrogen and oxygen atoms in total. The molecule has 2 N–H and O–H groups in total. The maximum Gasteiger partial charge on any atom is 0.347 e. The van der Waals surface area contributed by atoms with Crippen molar-refractivity contribution in [3.63, 3.8) is 0 Å². The molecule has 0 atom stereocenters. The van der Waals surface area contributed by atoms with Gasteiger partial charge in [-0.05, 0) is 61.0 Å². The minimum atomic E-state index is -0.971. The minimum Gasteiger partial charge on any atom is -0.497 e. The van der Waals surface area contributed by atoms with Gasteiger partial charge in [-0.3, -0.25) is 9.59 Å². The standard InChI is InChI=1S/C26H25N3O7/c1-16(28-29-25(31)24(30)27-21-15-19(33-2)13-14-23(21)35-4)17-9-11-18(12-10-17)36-26(32)20-7-5-6-8-22(20)34-3/h5-15H,1-4H3,(H,27,30)(H,29,31)/b28-16+. The number of nitrogens with zero attached hydrogens (tertiary/aromatic N) is 1. The number of nitrogens with one attached hydrogen (secondary N) is 2. The number of hydrazone groups is 1. The number of amides is 2. The topological polar surface area (TPSA) is 125 Å². The number of carbonyl (C=O) groups is 3. The summed E-state index contributed by atoms with van der Waals surface area (Å²) in [5, 5.41) is 6.43. The Morgan fingerprint density at radius 1 is 0.750 bits per heavy atom. The second kappa shape index (κ2) is 12.0. The average Bonchev–Trinajstić information content (AvgIpc) is 2.91. The molecule has 0 unspecified atom stereocenters. The van der Waals surface area contributed by atoms with Gasteiger partial charge in [-0.25, -0.2) is 10.2 Å². The lowest BCUT2D eigenvalue weighted by atomic mass is 10.1. The Balaban J connectivity index is 1.61. The molecule has 0 aliphatic carbocycles. The molecule has 0 saturated heterocycles. The molecule has 3 rings (SSSR count). The predicted octanol–water partition coefficient (Wildman–Crippen LogP) is 3.41. The van der Waals surface area contributed by atoms with E-state index in [0.717, 1.165) is 0 Å². The molecule has 0 bridgehead atoms. The summed E-state index contributed by atoms with van der Waals surface area (Å²) in [5.41, 5.74) is 3.86. The van der Waals surface area contributed by atoms with Gasteiger partial charge in [0.15, 0.2) is 0 Å². The summed E-state index contributed by atoms with van der Waals surface area (Å²) in [6.07, 6.45) is 0. The first-order valence-electron chi connectivity index (χ1n) is 10.7. The molecule has 0 saturated carbocycles. The fourth-order valence-corrected chi connectivity index (χ4v) is 3.08. The van der Waals surface area contributed by atoms with Gasteiger partial charge in [0, 0.05) is 6.07 Å². The van der Waals surface area contributed by atoms with E-state index < -0.39 is 17.8 Å². The quantitative estimate of drug-likeness (QED) is 0.163. The second-order valence-corrected chi connectivity index (χ2v) is 7.27. The Bertz CT molecular complexity index is 1290. The lowest BCUT2D eigenvalue weighted by Crippen LogP contribution is -2.33. The van der Waals surface area contributed by atoms with Crippen LogP contribution in [0.5, 0.6) is 23.0 Å². The highest BCUT2D eigenvalue weighted by Gasteiger charge is 2.17. The van der Waals surface area contributed by atoms with E-state index >= 15 is 0 Å². The van der Waals surface area contributed by atoms with Crippen LogP contribution in [0, 0.1) is 0 Å². The van der Waals surface area contributed by atoms with Crippen LogP contribution in [0.15, 0.2) is 71.8 Å². The van der Waals surface area contributed by atoms with Crippen molar-refractivity contribution >= 4 is 29.2 Å². The number of hydrogen-bond acceptors (Lipinski definition) is 8. The number of methoxy groups -OCH3 is 3. The van der Waals surface area contributed by atoms with Crippen LogP contribution in [0.1, 0.15) is 22.8 Å². The van der Waals surface area contributed by atoms with Gasteiger partial charge in [0.2, 0.25) is 0 Å². The normalized spacial score (nSPS) is 10.7. The summed E-state index contributed by atoms with van der Waals surface area (Å²) >= 11 is 0. The van der Waals surface area contributed by atoms with Gasteiger partial charge in [-0.1, -0.05) is 12.1 Å². The van der Waals surface area contributed by atoms with E-state index in [1.807, 2.05) is 0 Å². The highest BCUT2D eigenvalue weighted by Crippen LogP contribution is 2.28. The highest BCUT2D eigenvalue weighted by atomic mass is 16.5. The summed E-state index contributed by atoms with van der Waals surface area (Å²) in [5.74, 6) is -0.889. The van der Waals surface area contributed by atoms with Crippen LogP contribution in [-0.4, -0.2) is 44.8 Å². The SMILES string of the molecule is COc1ccc(OC)c(NC(=O)C(=O)N/N=C(\C)c2ccc(OC(=O)c3ccccc3OC)cc2)c1. The van der Waals surface area contributed by atoms with Crippen LogP contribution in [-0.2, 0) is 9.59 Å². The molecule has 10 heteroatoms. The van der Waals surface area contributed by atoms with Crippen LogP contribution in [0.3, 0.4) is 0 Å². The number of carbonyl (C=O) groups excluding carboxylic acids is 3. The van der Waals surface area contributed by atoms with E-state index in [4.69, 9.17) is 18.9 Å². The van der Waals surface area contributed by atoms with Crippen molar-refractivity contribution in [2.75, 3.05) is 26.6 Å². The van der Waals surface area contributed by atoms with E-state index in [0.29, 0.717) is 39.8 Å². The predicted molar refractivity (Wildman–Crippen MR) is 133 cm³/mol. The van der Waals surface area contributed by atoms with Gasteiger partial charge in [0.25, 0.3) is 0 Å². The first kappa shape index (κ1) is 25.8. The van der Waals surface area contributed by atoms with Crippen molar-refractivity contribution in [3.05, 3.63) is 77.9 Å². The van der Waals surface area contributed by atoms with Crippen molar-refractivity contribution in [1.82, 2.24) is 5.43 Å². The summed E-state index contributed by atoms with van der Waals surface area (Å²) in [4.78, 5) is 37.0. The molecule has 0 aromatic heterocycles. The molecule has 0 heterocycles. The Kier molecular flexibility index (Phi) is 8.60. The monoisotopic (exact) mass is 491 g/mol. The van der Waals surface area contributed by atoms with Crippen molar-refractivity contribution in [1.29, 1.82) is 0 Å². The number of rotatable bonds is 8. The number of para-hydroxylation sites is 1. The van der Waals surface area contributed by atoms with Gasteiger partial charge in [0.05, 0.1) is 32.7 Å². The van der Waals surface area contributed by atoms with Gasteiger partial charge in [-0.2, -0.15) is 5.10 Å². The van der Waals surface area contributed by atoms with Crippen LogP contribution >= 0.6 is 0 Å². The van der Waals surface area contributed by atoms with E-state index in [-0.39, 0.29) is 5.69 Å². The average molecular weight is 492 g/mol. The first-order valence-corrected chi connectivity index (χ1v) is 10.7. The molecule has 0 spiro atoms. The van der Waals surface area contributed by atoms with Crippen molar-refractivity contribution < 1.29 is 33.3 Å². The number of hydrogen-bond donors (Lipinski definition) is 2. The van der Waals surface area contributed by atoms with Crippen molar-refractivity contribution in [2.45, 2.75) is 6.92 Å². The molecule has 3 aromatic rings. The fourth-order valence-electron chi connectivity index (χ4n) is 3.08. The van der Waals surface area contributed by atoms with Gasteiger partial charge in [-0.15, -0.1) is 0 Å². The van der Waals surface area contributed by atoms with Crippen LogP contribution < -0.4 is 29.7 Å². The van der Waals surface area contributed by atoms with Crippen LogP contribution in [0.25, 0.3) is 0 Å². The molecular weight excluding hydrogens is 466 g/mol. The second-order valence-electron chi connectivity index (χ2n) is 7.27. The van der Waals surface area contributed by atoms with Crippen molar-refractivity contribution in [3.8, 4) is 23.0 Å². The summed E-state index contributed by atoms with van der Waals surface area (Å²) in [6.45, 7) is 1.65. The number of benzene rings is 3. The Morgan fingerprint density at radius 2 is 1.42 bits per heavy atom.